The summed E-state index contributed by atoms with van der Waals surface area (Å²) in [5.74, 6) is -1.77. The summed E-state index contributed by atoms with van der Waals surface area (Å²) in [5, 5.41) is 14.4. The second kappa shape index (κ2) is 6.76. The number of carbonyl (C=O) groups is 2. The van der Waals surface area contributed by atoms with E-state index in [1.165, 1.54) is 12.1 Å². The second-order valence-corrected chi connectivity index (χ2v) is 5.53. The molecule has 0 aliphatic heterocycles. The van der Waals surface area contributed by atoms with Crippen molar-refractivity contribution in [1.82, 2.24) is 5.32 Å². The van der Waals surface area contributed by atoms with Crippen LogP contribution in [-0.4, -0.2) is 23.1 Å². The standard InChI is InChI=1S/C14H16ClFN2O3/c15-11-5-4-9(16)7-12(11)18-14(21)17-10-3-1-2-8(6-10)13(19)20/h4-5,7-8,10H,1-3,6H2,(H,19,20)(H2,17,18,21). The van der Waals surface area contributed by atoms with Crippen LogP contribution in [0.1, 0.15) is 25.7 Å². The fourth-order valence-electron chi connectivity index (χ4n) is 2.48. The predicted octanol–water partition coefficient (Wildman–Crippen LogP) is 3.24. The number of carboxylic acids is 1. The summed E-state index contributed by atoms with van der Waals surface area (Å²) in [6.45, 7) is 0. The number of urea groups is 1. The number of aliphatic carboxylic acids is 1. The first-order chi connectivity index (χ1) is 9.95. The maximum atomic E-state index is 13.1. The van der Waals surface area contributed by atoms with E-state index in [1.54, 1.807) is 0 Å². The van der Waals surface area contributed by atoms with Crippen LogP contribution >= 0.6 is 11.6 Å². The molecule has 0 aromatic heterocycles. The molecule has 0 bridgehead atoms. The molecule has 0 saturated heterocycles. The molecule has 7 heteroatoms. The average molecular weight is 315 g/mol. The highest BCUT2D eigenvalue weighted by atomic mass is 35.5. The summed E-state index contributed by atoms with van der Waals surface area (Å²) in [4.78, 5) is 22.8. The Balaban J connectivity index is 1.92. The van der Waals surface area contributed by atoms with E-state index in [2.05, 4.69) is 10.6 Å². The summed E-state index contributed by atoms with van der Waals surface area (Å²) in [6, 6.07) is 2.96. The van der Waals surface area contributed by atoms with Crippen LogP contribution in [0.2, 0.25) is 5.02 Å². The molecule has 1 aliphatic carbocycles. The summed E-state index contributed by atoms with van der Waals surface area (Å²) >= 11 is 5.86. The molecular formula is C14H16ClFN2O3. The number of hydrogen-bond donors (Lipinski definition) is 3. The number of amides is 2. The molecule has 0 heterocycles. The topological polar surface area (TPSA) is 78.4 Å². The molecule has 2 unspecified atom stereocenters. The minimum atomic E-state index is -0.838. The minimum absolute atomic E-state index is 0.180. The van der Waals surface area contributed by atoms with Crippen LogP contribution in [0.3, 0.4) is 0 Å². The third-order valence-electron chi connectivity index (χ3n) is 3.54. The Bertz CT molecular complexity index is 553. The highest BCUT2D eigenvalue weighted by Crippen LogP contribution is 2.25. The predicted molar refractivity (Wildman–Crippen MR) is 76.9 cm³/mol. The molecule has 1 aliphatic rings. The lowest BCUT2D eigenvalue weighted by molar-refractivity contribution is -0.143. The van der Waals surface area contributed by atoms with Gasteiger partial charge in [0, 0.05) is 6.04 Å². The number of hydrogen-bond acceptors (Lipinski definition) is 2. The van der Waals surface area contributed by atoms with Crippen molar-refractivity contribution in [2.24, 2.45) is 5.92 Å². The molecule has 5 nitrogen and oxygen atoms in total. The molecule has 2 rings (SSSR count). The smallest absolute Gasteiger partial charge is 0.319 e. The van der Waals surface area contributed by atoms with Crippen LogP contribution < -0.4 is 10.6 Å². The Morgan fingerprint density at radius 2 is 2.10 bits per heavy atom. The highest BCUT2D eigenvalue weighted by Gasteiger charge is 2.27. The van der Waals surface area contributed by atoms with Crippen molar-refractivity contribution in [1.29, 1.82) is 0 Å². The van der Waals surface area contributed by atoms with E-state index in [1.807, 2.05) is 0 Å². The van der Waals surface area contributed by atoms with Crippen LogP contribution in [0.4, 0.5) is 14.9 Å². The zero-order chi connectivity index (χ0) is 15.4. The van der Waals surface area contributed by atoms with Gasteiger partial charge in [0.25, 0.3) is 0 Å². The molecule has 1 aromatic rings. The maximum absolute atomic E-state index is 13.1. The first kappa shape index (κ1) is 15.6. The number of nitrogens with one attached hydrogen (secondary N) is 2. The van der Waals surface area contributed by atoms with E-state index in [-0.39, 0.29) is 16.8 Å². The van der Waals surface area contributed by atoms with Gasteiger partial charge in [-0.3, -0.25) is 4.79 Å². The third-order valence-corrected chi connectivity index (χ3v) is 3.86. The molecule has 2 atom stereocenters. The largest absolute Gasteiger partial charge is 0.481 e. The molecule has 1 aromatic carbocycles. The summed E-state index contributed by atoms with van der Waals surface area (Å²) in [5.41, 5.74) is 0.180. The quantitative estimate of drug-likeness (QED) is 0.801. The van der Waals surface area contributed by atoms with E-state index in [9.17, 15) is 14.0 Å². The monoisotopic (exact) mass is 314 g/mol. The molecule has 21 heavy (non-hydrogen) atoms. The van der Waals surface area contributed by atoms with Gasteiger partial charge in [0.05, 0.1) is 16.6 Å². The lowest BCUT2D eigenvalue weighted by atomic mass is 9.86. The zero-order valence-corrected chi connectivity index (χ0v) is 12.0. The highest BCUT2D eigenvalue weighted by molar-refractivity contribution is 6.33. The molecule has 0 spiro atoms. The Hall–Kier alpha value is -1.82. The van der Waals surface area contributed by atoms with Crippen molar-refractivity contribution in [2.45, 2.75) is 31.7 Å². The Morgan fingerprint density at radius 3 is 2.81 bits per heavy atom. The van der Waals surface area contributed by atoms with Gasteiger partial charge in [0.15, 0.2) is 0 Å². The van der Waals surface area contributed by atoms with Gasteiger partial charge in [-0.15, -0.1) is 0 Å². The number of rotatable bonds is 3. The van der Waals surface area contributed by atoms with Crippen molar-refractivity contribution in [3.05, 3.63) is 29.0 Å². The van der Waals surface area contributed by atoms with Crippen molar-refractivity contribution in [3.63, 3.8) is 0 Å². The second-order valence-electron chi connectivity index (χ2n) is 5.12. The Labute approximate surface area is 126 Å². The van der Waals surface area contributed by atoms with E-state index in [0.717, 1.165) is 18.9 Å². The molecule has 114 valence electrons. The van der Waals surface area contributed by atoms with Gasteiger partial charge in [-0.05, 0) is 37.5 Å². The number of carboxylic acid groups (broad SMARTS) is 1. The Morgan fingerprint density at radius 1 is 1.33 bits per heavy atom. The summed E-state index contributed by atoms with van der Waals surface area (Å²) in [7, 11) is 0. The first-order valence-electron chi connectivity index (χ1n) is 6.71. The lowest BCUT2D eigenvalue weighted by Gasteiger charge is -2.27. The first-order valence-corrected chi connectivity index (χ1v) is 7.09. The van der Waals surface area contributed by atoms with Gasteiger partial charge in [0.2, 0.25) is 0 Å². The normalized spacial score (nSPS) is 21.6. The third kappa shape index (κ3) is 4.32. The fraction of sp³-hybridized carbons (Fsp3) is 0.429. The van der Waals surface area contributed by atoms with Crippen LogP contribution in [0.25, 0.3) is 0 Å². The summed E-state index contributed by atoms with van der Waals surface area (Å²) < 4.78 is 13.1. The van der Waals surface area contributed by atoms with Gasteiger partial charge in [-0.1, -0.05) is 18.0 Å². The zero-order valence-electron chi connectivity index (χ0n) is 11.2. The van der Waals surface area contributed by atoms with Gasteiger partial charge in [-0.25, -0.2) is 9.18 Å². The van der Waals surface area contributed by atoms with Crippen molar-refractivity contribution in [2.75, 3.05) is 5.32 Å². The Kier molecular flexibility index (Phi) is 5.01. The van der Waals surface area contributed by atoms with Crippen molar-refractivity contribution in [3.8, 4) is 0 Å². The molecule has 3 N–H and O–H groups in total. The van der Waals surface area contributed by atoms with E-state index >= 15 is 0 Å². The number of carbonyl (C=O) groups excluding carboxylic acids is 1. The van der Waals surface area contributed by atoms with Crippen LogP contribution in [0, 0.1) is 11.7 Å². The van der Waals surface area contributed by atoms with Gasteiger partial charge in [0.1, 0.15) is 5.82 Å². The number of halogens is 2. The molecule has 2 amide bonds. The van der Waals surface area contributed by atoms with E-state index in [0.29, 0.717) is 12.8 Å². The molecule has 1 fully saturated rings. The molecule has 1 saturated carbocycles. The average Bonchev–Trinajstić information content (AvgIpc) is 2.43. The minimum Gasteiger partial charge on any atom is -0.481 e. The van der Waals surface area contributed by atoms with Crippen LogP contribution in [0.5, 0.6) is 0 Å². The molecule has 0 radical (unpaired) electrons. The SMILES string of the molecule is O=C(Nc1cc(F)ccc1Cl)NC1CCCC(C(=O)O)C1. The fourth-order valence-corrected chi connectivity index (χ4v) is 2.65. The maximum Gasteiger partial charge on any atom is 0.319 e. The van der Waals surface area contributed by atoms with Gasteiger partial charge < -0.3 is 15.7 Å². The van der Waals surface area contributed by atoms with E-state index in [4.69, 9.17) is 16.7 Å². The van der Waals surface area contributed by atoms with Crippen molar-refractivity contribution >= 4 is 29.3 Å². The van der Waals surface area contributed by atoms with Gasteiger partial charge in [-0.2, -0.15) is 0 Å². The van der Waals surface area contributed by atoms with E-state index < -0.39 is 23.7 Å². The van der Waals surface area contributed by atoms with Crippen LogP contribution in [-0.2, 0) is 4.79 Å². The van der Waals surface area contributed by atoms with Crippen molar-refractivity contribution < 1.29 is 19.1 Å². The summed E-state index contributed by atoms with van der Waals surface area (Å²) in [6.07, 6.45) is 2.52. The number of anilines is 1. The van der Waals surface area contributed by atoms with Gasteiger partial charge >= 0.3 is 12.0 Å². The molecular weight excluding hydrogens is 299 g/mol. The van der Waals surface area contributed by atoms with Crippen LogP contribution in [0.15, 0.2) is 18.2 Å². The number of benzene rings is 1. The lowest BCUT2D eigenvalue weighted by Crippen LogP contribution is -2.42.